The van der Waals surface area contributed by atoms with Crippen LogP contribution in [0.25, 0.3) is 10.2 Å². The van der Waals surface area contributed by atoms with E-state index in [-0.39, 0.29) is 29.0 Å². The van der Waals surface area contributed by atoms with E-state index in [0.29, 0.717) is 39.6 Å². The molecule has 0 saturated carbocycles. The number of aromatic nitrogens is 1. The second-order valence-electron chi connectivity index (χ2n) is 7.49. The SMILES string of the molecule is CCN(CC)CCN(C(=O)c1ccc(C(C)=O)cc1)c1nc2c(S(C)(=O)=O)cccc2s1.Cl. The van der Waals surface area contributed by atoms with Crippen molar-refractivity contribution in [2.24, 2.45) is 0 Å². The Morgan fingerprint density at radius 3 is 2.12 bits per heavy atom. The van der Waals surface area contributed by atoms with Crippen LogP contribution in [0.1, 0.15) is 41.5 Å². The van der Waals surface area contributed by atoms with Gasteiger partial charge in [-0.3, -0.25) is 14.5 Å². The summed E-state index contributed by atoms with van der Waals surface area (Å²) in [6.45, 7) is 8.36. The van der Waals surface area contributed by atoms with E-state index < -0.39 is 9.84 Å². The summed E-state index contributed by atoms with van der Waals surface area (Å²) in [6.07, 6.45) is 1.15. The lowest BCUT2D eigenvalue weighted by molar-refractivity contribution is 0.0980. The highest BCUT2D eigenvalue weighted by molar-refractivity contribution is 7.91. The van der Waals surface area contributed by atoms with Crippen molar-refractivity contribution in [2.45, 2.75) is 25.7 Å². The van der Waals surface area contributed by atoms with E-state index in [9.17, 15) is 18.0 Å². The number of rotatable bonds is 9. The molecule has 0 aliphatic carbocycles. The summed E-state index contributed by atoms with van der Waals surface area (Å²) in [5.41, 5.74) is 1.36. The third-order valence-electron chi connectivity index (χ3n) is 5.32. The molecule has 0 spiro atoms. The molecule has 3 rings (SSSR count). The van der Waals surface area contributed by atoms with Crippen LogP contribution in [0.2, 0.25) is 0 Å². The number of carbonyl (C=O) groups excluding carboxylic acids is 2. The number of fused-ring (bicyclic) bond motifs is 1. The maximum absolute atomic E-state index is 13.4. The van der Waals surface area contributed by atoms with E-state index in [1.54, 1.807) is 41.3 Å². The van der Waals surface area contributed by atoms with Gasteiger partial charge in [0, 0.05) is 30.5 Å². The Morgan fingerprint density at radius 2 is 1.58 bits per heavy atom. The highest BCUT2D eigenvalue weighted by Gasteiger charge is 2.24. The van der Waals surface area contributed by atoms with Gasteiger partial charge >= 0.3 is 0 Å². The molecule has 1 aromatic heterocycles. The second kappa shape index (κ2) is 11.2. The number of Topliss-reactive ketones (excluding diaryl/α,β-unsaturated/α-hetero) is 1. The van der Waals surface area contributed by atoms with E-state index in [1.807, 2.05) is 0 Å². The number of sulfone groups is 1. The van der Waals surface area contributed by atoms with Crippen molar-refractivity contribution in [2.75, 3.05) is 37.3 Å². The first-order chi connectivity index (χ1) is 15.2. The molecule has 0 fully saturated rings. The largest absolute Gasteiger partial charge is 0.302 e. The van der Waals surface area contributed by atoms with Gasteiger partial charge in [-0.05, 0) is 44.3 Å². The highest BCUT2D eigenvalue weighted by atomic mass is 35.5. The van der Waals surface area contributed by atoms with E-state index >= 15 is 0 Å². The van der Waals surface area contributed by atoms with Crippen LogP contribution in [-0.2, 0) is 9.84 Å². The van der Waals surface area contributed by atoms with Gasteiger partial charge in [0.25, 0.3) is 5.91 Å². The summed E-state index contributed by atoms with van der Waals surface area (Å²) < 4.78 is 25.1. The summed E-state index contributed by atoms with van der Waals surface area (Å²) in [5, 5.41) is 0.448. The molecule has 0 radical (unpaired) electrons. The molecular weight excluding hydrogens is 482 g/mol. The van der Waals surface area contributed by atoms with Crippen LogP contribution < -0.4 is 4.90 Å². The molecule has 0 aliphatic heterocycles. The first kappa shape index (κ1) is 26.9. The van der Waals surface area contributed by atoms with Gasteiger partial charge in [0.1, 0.15) is 5.52 Å². The van der Waals surface area contributed by atoms with E-state index in [0.717, 1.165) is 19.3 Å². The van der Waals surface area contributed by atoms with Crippen molar-refractivity contribution in [1.82, 2.24) is 9.88 Å². The fraction of sp³-hybridized carbons (Fsp3) is 0.348. The van der Waals surface area contributed by atoms with Crippen LogP contribution in [0.3, 0.4) is 0 Å². The van der Waals surface area contributed by atoms with Crippen molar-refractivity contribution in [3.63, 3.8) is 0 Å². The second-order valence-corrected chi connectivity index (χ2v) is 10.5. The Hall–Kier alpha value is -2.33. The van der Waals surface area contributed by atoms with Gasteiger partial charge in [-0.15, -0.1) is 12.4 Å². The van der Waals surface area contributed by atoms with E-state index in [2.05, 4.69) is 23.7 Å². The number of anilines is 1. The fourth-order valence-electron chi connectivity index (χ4n) is 3.39. The number of amides is 1. The zero-order valence-corrected chi connectivity index (χ0v) is 21.5. The number of benzene rings is 2. The Balaban J connectivity index is 0.00000385. The highest BCUT2D eigenvalue weighted by Crippen LogP contribution is 2.33. The maximum Gasteiger partial charge on any atom is 0.260 e. The molecule has 3 aromatic rings. The molecule has 0 aliphatic rings. The van der Waals surface area contributed by atoms with E-state index in [1.165, 1.54) is 24.3 Å². The Kier molecular flexibility index (Phi) is 9.13. The molecular formula is C23H28ClN3O4S2. The van der Waals surface area contributed by atoms with Crippen molar-refractivity contribution in [1.29, 1.82) is 0 Å². The number of likely N-dealkylation sites (N-methyl/N-ethyl adjacent to an activating group) is 1. The smallest absolute Gasteiger partial charge is 0.260 e. The molecule has 0 saturated heterocycles. The molecule has 0 atom stereocenters. The number of thiazole rings is 1. The van der Waals surface area contributed by atoms with Crippen LogP contribution in [0.15, 0.2) is 47.4 Å². The summed E-state index contributed by atoms with van der Waals surface area (Å²) in [7, 11) is -3.46. The molecule has 0 bridgehead atoms. The van der Waals surface area contributed by atoms with Gasteiger partial charge in [-0.1, -0.05) is 43.4 Å². The Bertz CT molecular complexity index is 1240. The average molecular weight is 510 g/mol. The minimum Gasteiger partial charge on any atom is -0.302 e. The molecule has 1 amide bonds. The lowest BCUT2D eigenvalue weighted by Crippen LogP contribution is -2.38. The van der Waals surface area contributed by atoms with E-state index in [4.69, 9.17) is 0 Å². The van der Waals surface area contributed by atoms with Crippen LogP contribution in [0, 0.1) is 0 Å². The maximum atomic E-state index is 13.4. The lowest BCUT2D eigenvalue weighted by Gasteiger charge is -2.24. The van der Waals surface area contributed by atoms with Gasteiger partial charge < -0.3 is 4.90 Å². The molecule has 0 N–H and O–H groups in total. The molecule has 2 aromatic carbocycles. The topological polar surface area (TPSA) is 87.7 Å². The number of hydrogen-bond donors (Lipinski definition) is 0. The molecule has 0 unspecified atom stereocenters. The first-order valence-electron chi connectivity index (χ1n) is 10.4. The lowest BCUT2D eigenvalue weighted by atomic mass is 10.1. The zero-order valence-electron chi connectivity index (χ0n) is 19.1. The standard InChI is InChI=1S/C23H27N3O4S2.ClH/c1-5-25(6-2)14-15-26(22(28)18-12-10-17(11-13-18)16(3)27)23-24-21-19(31-23)8-7-9-20(21)32(4,29)30;/h7-13H,5-6,14-15H2,1-4H3;1H. The molecule has 7 nitrogen and oxygen atoms in total. The minimum absolute atomic E-state index is 0. The van der Waals surface area contributed by atoms with Crippen LogP contribution >= 0.6 is 23.7 Å². The number of ketones is 1. The molecule has 10 heteroatoms. The third kappa shape index (κ3) is 6.17. The Labute approximate surface area is 204 Å². The third-order valence-corrected chi connectivity index (χ3v) is 7.49. The predicted octanol–water partition coefficient (Wildman–Crippen LogP) is 4.31. The first-order valence-corrected chi connectivity index (χ1v) is 13.1. The van der Waals surface area contributed by atoms with Gasteiger partial charge in [-0.2, -0.15) is 0 Å². The van der Waals surface area contributed by atoms with Gasteiger partial charge in [0.15, 0.2) is 20.8 Å². The van der Waals surface area contributed by atoms with Crippen LogP contribution in [0.4, 0.5) is 5.13 Å². The monoisotopic (exact) mass is 509 g/mol. The number of nitrogens with zero attached hydrogens (tertiary/aromatic N) is 3. The predicted molar refractivity (Wildman–Crippen MR) is 136 cm³/mol. The molecule has 178 valence electrons. The molecule has 33 heavy (non-hydrogen) atoms. The quantitative estimate of drug-likeness (QED) is 0.399. The summed E-state index contributed by atoms with van der Waals surface area (Å²) in [6, 6.07) is 11.6. The fourth-order valence-corrected chi connectivity index (χ4v) is 5.31. The van der Waals surface area contributed by atoms with Crippen molar-refractivity contribution >= 4 is 60.6 Å². The summed E-state index contributed by atoms with van der Waals surface area (Å²) in [4.78, 5) is 33.5. The average Bonchev–Trinajstić information content (AvgIpc) is 3.19. The number of para-hydroxylation sites is 1. The molecule has 1 heterocycles. The van der Waals surface area contributed by atoms with Gasteiger partial charge in [0.05, 0.1) is 9.60 Å². The Morgan fingerprint density at radius 1 is 0.970 bits per heavy atom. The van der Waals surface area contributed by atoms with Crippen molar-refractivity contribution in [3.05, 3.63) is 53.6 Å². The minimum atomic E-state index is -3.46. The van der Waals surface area contributed by atoms with Crippen molar-refractivity contribution in [3.8, 4) is 0 Å². The number of hydrogen-bond acceptors (Lipinski definition) is 7. The summed E-state index contributed by atoms with van der Waals surface area (Å²) >= 11 is 1.29. The van der Waals surface area contributed by atoms with Crippen LogP contribution in [0.5, 0.6) is 0 Å². The normalized spacial score (nSPS) is 11.4. The summed E-state index contributed by atoms with van der Waals surface area (Å²) in [5.74, 6) is -0.311. The van der Waals surface area contributed by atoms with Gasteiger partial charge in [0.2, 0.25) is 0 Å². The number of carbonyl (C=O) groups is 2. The van der Waals surface area contributed by atoms with Crippen LogP contribution in [-0.4, -0.2) is 62.4 Å². The van der Waals surface area contributed by atoms with Gasteiger partial charge in [-0.25, -0.2) is 13.4 Å². The van der Waals surface area contributed by atoms with Crippen molar-refractivity contribution < 1.29 is 18.0 Å². The zero-order chi connectivity index (χ0) is 23.5. The number of halogens is 1.